The standard InChI is InChI=1S/C24H27NO5/c1-2-22-21(25-24(30-22)15-5-7-18(26)8-6-15)11-12-29-19-9-10-20-16(13-19)3-4-17(20)14-23(27)28/h5-8,10,13,17,19,26H,2-4,9,11-12,14H2,1H3,(H,27,28)/t17-,19?/m0/s1. The highest BCUT2D eigenvalue weighted by Crippen LogP contribution is 2.41. The summed E-state index contributed by atoms with van der Waals surface area (Å²) in [5, 5.41) is 18.5. The molecule has 1 heterocycles. The molecule has 2 atom stereocenters. The number of ether oxygens (including phenoxy) is 1. The Kier molecular flexibility index (Phi) is 6.04. The van der Waals surface area contributed by atoms with E-state index in [-0.39, 0.29) is 24.2 Å². The molecule has 2 aromatic rings. The molecule has 2 N–H and O–H groups in total. The zero-order valence-electron chi connectivity index (χ0n) is 17.1. The van der Waals surface area contributed by atoms with Gasteiger partial charge in [-0.15, -0.1) is 0 Å². The Morgan fingerprint density at radius 1 is 1.30 bits per heavy atom. The summed E-state index contributed by atoms with van der Waals surface area (Å²) in [6.45, 7) is 2.59. The molecule has 0 radical (unpaired) electrons. The van der Waals surface area contributed by atoms with Gasteiger partial charge in [0.05, 0.1) is 24.8 Å². The van der Waals surface area contributed by atoms with Crippen LogP contribution in [0.3, 0.4) is 0 Å². The van der Waals surface area contributed by atoms with E-state index in [4.69, 9.17) is 14.3 Å². The van der Waals surface area contributed by atoms with Crippen molar-refractivity contribution in [2.75, 3.05) is 6.61 Å². The molecule has 0 bridgehead atoms. The molecule has 0 saturated heterocycles. The number of rotatable bonds is 8. The molecule has 2 aliphatic carbocycles. The molecule has 0 spiro atoms. The fourth-order valence-electron chi connectivity index (χ4n) is 4.33. The van der Waals surface area contributed by atoms with E-state index in [9.17, 15) is 9.90 Å². The second kappa shape index (κ2) is 8.88. The summed E-state index contributed by atoms with van der Waals surface area (Å²) in [5.41, 5.74) is 4.20. The van der Waals surface area contributed by atoms with Gasteiger partial charge in [0.25, 0.3) is 0 Å². The first-order valence-corrected chi connectivity index (χ1v) is 10.6. The number of oxazole rings is 1. The smallest absolute Gasteiger partial charge is 0.303 e. The summed E-state index contributed by atoms with van der Waals surface area (Å²) >= 11 is 0. The molecule has 1 unspecified atom stereocenters. The molecule has 158 valence electrons. The predicted molar refractivity (Wildman–Crippen MR) is 112 cm³/mol. The summed E-state index contributed by atoms with van der Waals surface area (Å²) in [5.74, 6) is 1.05. The lowest BCUT2D eigenvalue weighted by atomic mass is 9.92. The fraction of sp³-hybridized carbons (Fsp3) is 0.417. The molecule has 6 heteroatoms. The zero-order valence-corrected chi connectivity index (χ0v) is 17.1. The number of carboxylic acid groups (broad SMARTS) is 1. The van der Waals surface area contributed by atoms with Crippen LogP contribution in [0.15, 0.2) is 52.0 Å². The number of aryl methyl sites for hydroxylation is 1. The van der Waals surface area contributed by atoms with Gasteiger partial charge < -0.3 is 19.4 Å². The van der Waals surface area contributed by atoms with E-state index in [0.29, 0.717) is 18.9 Å². The van der Waals surface area contributed by atoms with E-state index in [2.05, 4.69) is 17.1 Å². The normalized spacial score (nSPS) is 20.6. The maximum Gasteiger partial charge on any atom is 0.303 e. The summed E-state index contributed by atoms with van der Waals surface area (Å²) < 4.78 is 12.0. The van der Waals surface area contributed by atoms with Crippen molar-refractivity contribution in [3.63, 3.8) is 0 Å². The number of carboxylic acids is 1. The number of hydrogen-bond donors (Lipinski definition) is 2. The number of benzene rings is 1. The van der Waals surface area contributed by atoms with Crippen LogP contribution < -0.4 is 0 Å². The van der Waals surface area contributed by atoms with Crippen LogP contribution in [-0.2, 0) is 22.4 Å². The van der Waals surface area contributed by atoms with Crippen LogP contribution in [0.25, 0.3) is 11.5 Å². The molecule has 1 saturated carbocycles. The van der Waals surface area contributed by atoms with Gasteiger partial charge in [-0.3, -0.25) is 4.79 Å². The highest BCUT2D eigenvalue weighted by atomic mass is 16.5. The summed E-state index contributed by atoms with van der Waals surface area (Å²) in [6.07, 6.45) is 8.63. The van der Waals surface area contributed by atoms with E-state index in [1.165, 1.54) is 11.1 Å². The Morgan fingerprint density at radius 2 is 2.10 bits per heavy atom. The van der Waals surface area contributed by atoms with E-state index in [1.807, 2.05) is 6.92 Å². The highest BCUT2D eigenvalue weighted by Gasteiger charge is 2.30. The third-order valence-electron chi connectivity index (χ3n) is 5.84. The fourth-order valence-corrected chi connectivity index (χ4v) is 4.33. The third kappa shape index (κ3) is 4.49. The number of phenolic OH excluding ortho intramolecular Hbond substituents is 1. The van der Waals surface area contributed by atoms with Crippen LogP contribution >= 0.6 is 0 Å². The first-order valence-electron chi connectivity index (χ1n) is 10.6. The Labute approximate surface area is 175 Å². The Bertz CT molecular complexity index is 970. The molecule has 30 heavy (non-hydrogen) atoms. The van der Waals surface area contributed by atoms with Crippen molar-refractivity contribution in [3.05, 3.63) is 59.0 Å². The van der Waals surface area contributed by atoms with Crippen LogP contribution in [0.2, 0.25) is 0 Å². The maximum absolute atomic E-state index is 11.0. The minimum Gasteiger partial charge on any atom is -0.508 e. The monoisotopic (exact) mass is 409 g/mol. The van der Waals surface area contributed by atoms with Crippen molar-refractivity contribution in [2.24, 2.45) is 5.92 Å². The van der Waals surface area contributed by atoms with Crippen molar-refractivity contribution in [2.45, 2.75) is 51.6 Å². The molecule has 0 aliphatic heterocycles. The number of aromatic hydroxyl groups is 1. The Hall–Kier alpha value is -2.86. The van der Waals surface area contributed by atoms with Gasteiger partial charge >= 0.3 is 5.97 Å². The van der Waals surface area contributed by atoms with Gasteiger partial charge in [-0.05, 0) is 60.6 Å². The van der Waals surface area contributed by atoms with Crippen LogP contribution in [0.1, 0.15) is 44.1 Å². The lowest BCUT2D eigenvalue weighted by molar-refractivity contribution is -0.137. The second-order valence-electron chi connectivity index (χ2n) is 7.87. The summed E-state index contributed by atoms with van der Waals surface area (Å²) in [4.78, 5) is 15.7. The zero-order chi connectivity index (χ0) is 21.1. The quantitative estimate of drug-likeness (QED) is 0.658. The van der Waals surface area contributed by atoms with Crippen molar-refractivity contribution >= 4 is 5.97 Å². The first-order chi connectivity index (χ1) is 14.5. The number of nitrogens with zero attached hydrogens (tertiary/aromatic N) is 1. The number of hydrogen-bond acceptors (Lipinski definition) is 5. The number of allylic oxidation sites excluding steroid dienone is 2. The molecule has 1 aromatic carbocycles. The van der Waals surface area contributed by atoms with Crippen LogP contribution in [0, 0.1) is 5.92 Å². The van der Waals surface area contributed by atoms with Gasteiger partial charge in [0, 0.05) is 18.4 Å². The van der Waals surface area contributed by atoms with Crippen molar-refractivity contribution < 1.29 is 24.2 Å². The molecular weight excluding hydrogens is 382 g/mol. The number of fused-ring (bicyclic) bond motifs is 1. The van der Waals surface area contributed by atoms with Crippen molar-refractivity contribution in [1.82, 2.24) is 4.98 Å². The van der Waals surface area contributed by atoms with E-state index in [0.717, 1.165) is 42.7 Å². The summed E-state index contributed by atoms with van der Waals surface area (Å²) in [7, 11) is 0. The molecule has 6 nitrogen and oxygen atoms in total. The topological polar surface area (TPSA) is 92.8 Å². The van der Waals surface area contributed by atoms with E-state index in [1.54, 1.807) is 24.3 Å². The van der Waals surface area contributed by atoms with E-state index >= 15 is 0 Å². The van der Waals surface area contributed by atoms with Gasteiger partial charge in [0.1, 0.15) is 11.5 Å². The first kappa shape index (κ1) is 20.4. The van der Waals surface area contributed by atoms with Crippen LogP contribution in [-0.4, -0.2) is 33.9 Å². The van der Waals surface area contributed by atoms with Gasteiger partial charge in [-0.25, -0.2) is 4.98 Å². The molecule has 1 fully saturated rings. The average Bonchev–Trinajstić information content (AvgIpc) is 3.32. The maximum atomic E-state index is 11.0. The highest BCUT2D eigenvalue weighted by molar-refractivity contribution is 5.68. The lowest BCUT2D eigenvalue weighted by Crippen LogP contribution is -2.16. The van der Waals surface area contributed by atoms with Gasteiger partial charge in [-0.1, -0.05) is 19.1 Å². The van der Waals surface area contributed by atoms with Crippen LogP contribution in [0.4, 0.5) is 0 Å². The SMILES string of the molecule is CCc1oc(-c2ccc(O)cc2)nc1CCOC1C=C2CC[C@@H](CC(=O)O)C2=CC1. The number of aliphatic carboxylic acids is 1. The molecule has 2 aliphatic rings. The molecular formula is C24H27NO5. The number of carbonyl (C=O) groups is 1. The average molecular weight is 409 g/mol. The van der Waals surface area contributed by atoms with Gasteiger partial charge in [0.15, 0.2) is 0 Å². The van der Waals surface area contributed by atoms with Crippen molar-refractivity contribution in [3.8, 4) is 17.2 Å². The van der Waals surface area contributed by atoms with Gasteiger partial charge in [0.2, 0.25) is 5.89 Å². The second-order valence-corrected chi connectivity index (χ2v) is 7.87. The molecule has 0 amide bonds. The lowest BCUT2D eigenvalue weighted by Gasteiger charge is -2.20. The van der Waals surface area contributed by atoms with Crippen LogP contribution in [0.5, 0.6) is 5.75 Å². The predicted octanol–water partition coefficient (Wildman–Crippen LogP) is 4.68. The number of aromatic nitrogens is 1. The number of phenols is 1. The summed E-state index contributed by atoms with van der Waals surface area (Å²) in [6, 6.07) is 6.82. The Morgan fingerprint density at radius 3 is 2.83 bits per heavy atom. The minimum absolute atomic E-state index is 0.0286. The Balaban J connectivity index is 1.35. The molecule has 4 rings (SSSR count). The van der Waals surface area contributed by atoms with Gasteiger partial charge in [-0.2, -0.15) is 0 Å². The minimum atomic E-state index is -0.730. The third-order valence-corrected chi connectivity index (χ3v) is 5.84. The molecule has 1 aromatic heterocycles. The largest absolute Gasteiger partial charge is 0.508 e. The van der Waals surface area contributed by atoms with Crippen molar-refractivity contribution in [1.29, 1.82) is 0 Å². The van der Waals surface area contributed by atoms with E-state index < -0.39 is 5.97 Å².